The highest BCUT2D eigenvalue weighted by molar-refractivity contribution is 5.90. The monoisotopic (exact) mass is 345 g/mol. The van der Waals surface area contributed by atoms with Crippen molar-refractivity contribution in [3.8, 4) is 11.8 Å². The van der Waals surface area contributed by atoms with Crippen molar-refractivity contribution in [2.75, 3.05) is 5.73 Å². The molecule has 8 heteroatoms. The van der Waals surface area contributed by atoms with Crippen LogP contribution in [0.4, 0.5) is 19.0 Å². The van der Waals surface area contributed by atoms with E-state index >= 15 is 0 Å². The highest BCUT2D eigenvalue weighted by atomic mass is 19.4. The Hall–Kier alpha value is -3.08. The molecule has 0 spiro atoms. The summed E-state index contributed by atoms with van der Waals surface area (Å²) < 4.78 is 39.5. The van der Waals surface area contributed by atoms with Crippen molar-refractivity contribution in [3.05, 3.63) is 47.4 Å². The van der Waals surface area contributed by atoms with Gasteiger partial charge in [0.15, 0.2) is 5.65 Å². The molecule has 3 aromatic rings. The van der Waals surface area contributed by atoms with Crippen LogP contribution in [0.2, 0.25) is 0 Å². The van der Waals surface area contributed by atoms with E-state index in [2.05, 4.69) is 26.9 Å². The molecule has 0 aliphatic heterocycles. The molecule has 5 nitrogen and oxygen atoms in total. The molecule has 0 fully saturated rings. The van der Waals surface area contributed by atoms with Crippen LogP contribution in [0.5, 0.6) is 0 Å². The van der Waals surface area contributed by atoms with Crippen molar-refractivity contribution in [2.24, 2.45) is 0 Å². The van der Waals surface area contributed by atoms with Crippen molar-refractivity contribution in [1.29, 1.82) is 0 Å². The quantitative estimate of drug-likeness (QED) is 0.686. The first kappa shape index (κ1) is 16.8. The normalized spacial score (nSPS) is 11.6. The summed E-state index contributed by atoms with van der Waals surface area (Å²) in [5.74, 6) is 5.92. The Balaban J connectivity index is 2.04. The lowest BCUT2D eigenvalue weighted by atomic mass is 10.1. The molecule has 0 aliphatic rings. The zero-order valence-electron chi connectivity index (χ0n) is 13.5. The van der Waals surface area contributed by atoms with Gasteiger partial charge in [0.1, 0.15) is 17.8 Å². The number of hydrogen-bond donors (Lipinski definition) is 1. The topological polar surface area (TPSA) is 69.6 Å². The van der Waals surface area contributed by atoms with Crippen LogP contribution in [0.1, 0.15) is 36.7 Å². The average Bonchev–Trinajstić information content (AvgIpc) is 2.93. The number of nitrogens with zero attached hydrogens (tertiary/aromatic N) is 4. The Kier molecular flexibility index (Phi) is 4.08. The van der Waals surface area contributed by atoms with Crippen molar-refractivity contribution >= 4 is 16.9 Å². The van der Waals surface area contributed by atoms with E-state index in [0.717, 1.165) is 12.1 Å². The molecule has 0 bridgehead atoms. The third-order valence-electron chi connectivity index (χ3n) is 3.54. The van der Waals surface area contributed by atoms with Crippen LogP contribution in [0.15, 0.2) is 30.6 Å². The molecule has 3 rings (SSSR count). The van der Waals surface area contributed by atoms with Gasteiger partial charge in [-0.3, -0.25) is 0 Å². The molecule has 2 N–H and O–H groups in total. The minimum absolute atomic E-state index is 0.0402. The molecule has 128 valence electrons. The van der Waals surface area contributed by atoms with Gasteiger partial charge in [-0.15, -0.1) is 0 Å². The summed E-state index contributed by atoms with van der Waals surface area (Å²) in [6, 6.07) is 4.66. The van der Waals surface area contributed by atoms with E-state index in [-0.39, 0.29) is 11.9 Å². The Morgan fingerprint density at radius 1 is 1.08 bits per heavy atom. The molecule has 0 aliphatic carbocycles. The van der Waals surface area contributed by atoms with Crippen LogP contribution >= 0.6 is 0 Å². The van der Waals surface area contributed by atoms with Crippen LogP contribution in [-0.2, 0) is 6.18 Å². The van der Waals surface area contributed by atoms with Gasteiger partial charge >= 0.3 is 6.18 Å². The summed E-state index contributed by atoms with van der Waals surface area (Å²) in [6.45, 7) is 3.88. The molecule has 2 aromatic heterocycles. The van der Waals surface area contributed by atoms with E-state index in [1.54, 1.807) is 4.68 Å². The first-order valence-corrected chi connectivity index (χ1v) is 7.45. The van der Waals surface area contributed by atoms with Crippen LogP contribution in [0.25, 0.3) is 11.0 Å². The van der Waals surface area contributed by atoms with E-state index in [4.69, 9.17) is 5.73 Å². The van der Waals surface area contributed by atoms with Crippen LogP contribution < -0.4 is 5.73 Å². The zero-order chi connectivity index (χ0) is 18.2. The first-order valence-electron chi connectivity index (χ1n) is 7.45. The Labute approximate surface area is 141 Å². The van der Waals surface area contributed by atoms with Gasteiger partial charge in [-0.1, -0.05) is 5.92 Å². The lowest BCUT2D eigenvalue weighted by Gasteiger charge is -2.05. The second-order valence-corrected chi connectivity index (χ2v) is 5.67. The van der Waals surface area contributed by atoms with Gasteiger partial charge in [-0.2, -0.15) is 18.3 Å². The maximum absolute atomic E-state index is 12.6. The summed E-state index contributed by atoms with van der Waals surface area (Å²) in [7, 11) is 0. The molecule has 1 aromatic carbocycles. The Morgan fingerprint density at radius 2 is 1.76 bits per heavy atom. The molecule has 0 atom stereocenters. The maximum Gasteiger partial charge on any atom is 0.416 e. The number of halogens is 3. The number of anilines is 1. The van der Waals surface area contributed by atoms with E-state index in [1.807, 2.05) is 13.8 Å². The standard InChI is InChI=1S/C17H14F3N5/c1-10(2)25-16-14(15(21)22-9-23-16)13(24-25)8-5-11-3-6-12(7-4-11)17(18,19)20/h3-4,6-7,9-10H,1-2H3,(H2,21,22,23). The van der Waals surface area contributed by atoms with Gasteiger partial charge in [-0.25, -0.2) is 14.6 Å². The second-order valence-electron chi connectivity index (χ2n) is 5.67. The van der Waals surface area contributed by atoms with Gasteiger partial charge in [-0.05, 0) is 44.0 Å². The molecule has 0 unspecified atom stereocenters. The maximum atomic E-state index is 12.6. The molecule has 0 amide bonds. The largest absolute Gasteiger partial charge is 0.416 e. The van der Waals surface area contributed by atoms with Crippen LogP contribution in [0.3, 0.4) is 0 Å². The fourth-order valence-corrected chi connectivity index (χ4v) is 2.32. The molecule has 0 radical (unpaired) electrons. The highest BCUT2D eigenvalue weighted by Crippen LogP contribution is 2.29. The third-order valence-corrected chi connectivity index (χ3v) is 3.54. The van der Waals surface area contributed by atoms with Gasteiger partial charge in [0, 0.05) is 11.6 Å². The van der Waals surface area contributed by atoms with Crippen LogP contribution in [-0.4, -0.2) is 19.7 Å². The fourth-order valence-electron chi connectivity index (χ4n) is 2.32. The van der Waals surface area contributed by atoms with Gasteiger partial charge in [0.25, 0.3) is 0 Å². The van der Waals surface area contributed by atoms with Gasteiger partial charge in [0.05, 0.1) is 10.9 Å². The number of rotatable bonds is 1. The predicted octanol–water partition coefficient (Wildman–Crippen LogP) is 3.41. The summed E-state index contributed by atoms with van der Waals surface area (Å²) in [5, 5.41) is 4.94. The van der Waals surface area contributed by atoms with Gasteiger partial charge in [0.2, 0.25) is 0 Å². The predicted molar refractivity (Wildman–Crippen MR) is 87.5 cm³/mol. The summed E-state index contributed by atoms with van der Waals surface area (Å²) in [5.41, 5.74) is 6.59. The minimum Gasteiger partial charge on any atom is -0.383 e. The average molecular weight is 345 g/mol. The first-order chi connectivity index (χ1) is 11.8. The number of alkyl halides is 3. The Morgan fingerprint density at radius 3 is 2.36 bits per heavy atom. The van der Waals surface area contributed by atoms with Crippen molar-refractivity contribution in [3.63, 3.8) is 0 Å². The number of aromatic nitrogens is 4. The third kappa shape index (κ3) is 3.26. The SMILES string of the molecule is CC(C)n1nc(C#Cc2ccc(C(F)(F)F)cc2)c2c(N)ncnc21. The molecule has 25 heavy (non-hydrogen) atoms. The van der Waals surface area contributed by atoms with Gasteiger partial charge < -0.3 is 5.73 Å². The van der Waals surface area contributed by atoms with E-state index in [9.17, 15) is 13.2 Å². The smallest absolute Gasteiger partial charge is 0.383 e. The lowest BCUT2D eigenvalue weighted by Crippen LogP contribution is -2.04. The molecular weight excluding hydrogens is 331 g/mol. The van der Waals surface area contributed by atoms with E-state index in [1.165, 1.54) is 18.5 Å². The lowest BCUT2D eigenvalue weighted by molar-refractivity contribution is -0.137. The summed E-state index contributed by atoms with van der Waals surface area (Å²) in [6.07, 6.45) is -3.02. The van der Waals surface area contributed by atoms with Crippen molar-refractivity contribution in [1.82, 2.24) is 19.7 Å². The Bertz CT molecular complexity index is 976. The molecule has 2 heterocycles. The number of nitrogen functional groups attached to an aromatic ring is 1. The number of hydrogen-bond acceptors (Lipinski definition) is 4. The highest BCUT2D eigenvalue weighted by Gasteiger charge is 2.29. The summed E-state index contributed by atoms with van der Waals surface area (Å²) in [4.78, 5) is 8.15. The summed E-state index contributed by atoms with van der Waals surface area (Å²) >= 11 is 0. The van der Waals surface area contributed by atoms with E-state index in [0.29, 0.717) is 22.3 Å². The number of fused-ring (bicyclic) bond motifs is 1. The fraction of sp³-hybridized carbons (Fsp3) is 0.235. The molecular formula is C17H14F3N5. The second kappa shape index (κ2) is 6.09. The zero-order valence-corrected chi connectivity index (χ0v) is 13.5. The van der Waals surface area contributed by atoms with Crippen molar-refractivity contribution in [2.45, 2.75) is 26.1 Å². The van der Waals surface area contributed by atoms with Crippen molar-refractivity contribution < 1.29 is 13.2 Å². The van der Waals surface area contributed by atoms with Crippen LogP contribution in [0, 0.1) is 11.8 Å². The number of nitrogens with two attached hydrogens (primary N) is 1. The minimum atomic E-state index is -4.37. The van der Waals surface area contributed by atoms with E-state index < -0.39 is 11.7 Å². The molecule has 0 saturated heterocycles. The molecule has 0 saturated carbocycles. The number of benzene rings is 1.